The molecule has 3 rings (SSSR count). The molecule has 0 saturated carbocycles. The third-order valence-electron chi connectivity index (χ3n) is 4.20. The SMILES string of the molecule is Cc1noc(C)c1S(=O)(=O)N1CCN(C(=O)c2ccccc2Br)CC1. The number of carbonyl (C=O) groups excluding carboxylic acids is 1. The van der Waals surface area contributed by atoms with Crippen LogP contribution >= 0.6 is 15.9 Å². The van der Waals surface area contributed by atoms with E-state index in [-0.39, 0.29) is 29.7 Å². The zero-order valence-corrected chi connectivity index (χ0v) is 16.3. The molecule has 0 unspecified atom stereocenters. The largest absolute Gasteiger partial charge is 0.360 e. The molecule has 1 aromatic heterocycles. The Morgan fingerprint density at radius 1 is 1.16 bits per heavy atom. The highest BCUT2D eigenvalue weighted by atomic mass is 79.9. The van der Waals surface area contributed by atoms with Gasteiger partial charge in [-0.15, -0.1) is 0 Å². The second-order valence-corrected chi connectivity index (χ2v) is 8.56. The van der Waals surface area contributed by atoms with E-state index in [9.17, 15) is 13.2 Å². The van der Waals surface area contributed by atoms with Gasteiger partial charge in [-0.05, 0) is 41.9 Å². The fourth-order valence-electron chi connectivity index (χ4n) is 2.91. The Kier molecular flexibility index (Phi) is 4.99. The molecule has 1 aliphatic heterocycles. The average Bonchev–Trinajstić information content (AvgIpc) is 2.94. The van der Waals surface area contributed by atoms with Crippen molar-refractivity contribution in [2.45, 2.75) is 18.7 Å². The monoisotopic (exact) mass is 427 g/mol. The van der Waals surface area contributed by atoms with Gasteiger partial charge in [-0.25, -0.2) is 8.42 Å². The Labute approximate surface area is 154 Å². The molecule has 0 atom stereocenters. The molecule has 7 nitrogen and oxygen atoms in total. The lowest BCUT2D eigenvalue weighted by Crippen LogP contribution is -2.50. The van der Waals surface area contributed by atoms with Gasteiger partial charge in [0.05, 0.1) is 5.56 Å². The molecule has 25 heavy (non-hydrogen) atoms. The third kappa shape index (κ3) is 3.36. The van der Waals surface area contributed by atoms with Crippen molar-refractivity contribution in [3.63, 3.8) is 0 Å². The zero-order chi connectivity index (χ0) is 18.2. The number of carbonyl (C=O) groups is 1. The van der Waals surface area contributed by atoms with Crippen molar-refractivity contribution in [3.05, 3.63) is 45.8 Å². The summed E-state index contributed by atoms with van der Waals surface area (Å²) < 4.78 is 32.7. The van der Waals surface area contributed by atoms with Crippen molar-refractivity contribution in [2.24, 2.45) is 0 Å². The van der Waals surface area contributed by atoms with Crippen molar-refractivity contribution in [3.8, 4) is 0 Å². The highest BCUT2D eigenvalue weighted by Gasteiger charge is 2.34. The molecule has 2 aromatic rings. The van der Waals surface area contributed by atoms with Crippen LogP contribution in [0.25, 0.3) is 0 Å². The highest BCUT2D eigenvalue weighted by molar-refractivity contribution is 9.10. The summed E-state index contributed by atoms with van der Waals surface area (Å²) in [6, 6.07) is 7.20. The fraction of sp³-hybridized carbons (Fsp3) is 0.375. The van der Waals surface area contributed by atoms with Crippen LogP contribution in [-0.2, 0) is 10.0 Å². The van der Waals surface area contributed by atoms with Crippen LogP contribution in [0.1, 0.15) is 21.8 Å². The van der Waals surface area contributed by atoms with Gasteiger partial charge in [-0.2, -0.15) is 4.31 Å². The van der Waals surface area contributed by atoms with Crippen LogP contribution in [0.2, 0.25) is 0 Å². The summed E-state index contributed by atoms with van der Waals surface area (Å²) in [5, 5.41) is 3.72. The highest BCUT2D eigenvalue weighted by Crippen LogP contribution is 2.25. The van der Waals surface area contributed by atoms with E-state index in [1.54, 1.807) is 30.9 Å². The van der Waals surface area contributed by atoms with Crippen LogP contribution in [0.4, 0.5) is 0 Å². The molecule has 0 aliphatic carbocycles. The number of amides is 1. The number of benzene rings is 1. The Hall–Kier alpha value is -1.71. The average molecular weight is 428 g/mol. The van der Waals surface area contributed by atoms with E-state index in [0.717, 1.165) is 4.47 Å². The Morgan fingerprint density at radius 3 is 2.36 bits per heavy atom. The van der Waals surface area contributed by atoms with E-state index < -0.39 is 10.0 Å². The molecule has 0 radical (unpaired) electrons. The number of hydrogen-bond donors (Lipinski definition) is 0. The smallest absolute Gasteiger partial charge is 0.255 e. The van der Waals surface area contributed by atoms with Crippen LogP contribution in [0.15, 0.2) is 38.2 Å². The van der Waals surface area contributed by atoms with E-state index in [1.165, 1.54) is 4.31 Å². The topological polar surface area (TPSA) is 83.7 Å². The quantitative estimate of drug-likeness (QED) is 0.749. The molecule has 0 spiro atoms. The molecule has 1 aliphatic rings. The van der Waals surface area contributed by atoms with Gasteiger partial charge < -0.3 is 9.42 Å². The Bertz CT molecular complexity index is 882. The molecule has 1 amide bonds. The van der Waals surface area contributed by atoms with E-state index in [2.05, 4.69) is 21.1 Å². The van der Waals surface area contributed by atoms with Crippen LogP contribution in [0, 0.1) is 13.8 Å². The minimum Gasteiger partial charge on any atom is -0.360 e. The predicted molar refractivity (Wildman–Crippen MR) is 94.8 cm³/mol. The first kappa shape index (κ1) is 18.1. The zero-order valence-electron chi connectivity index (χ0n) is 13.9. The van der Waals surface area contributed by atoms with Gasteiger partial charge in [0.2, 0.25) is 10.0 Å². The van der Waals surface area contributed by atoms with Crippen LogP contribution in [0.3, 0.4) is 0 Å². The van der Waals surface area contributed by atoms with Crippen molar-refractivity contribution in [2.75, 3.05) is 26.2 Å². The first-order valence-corrected chi connectivity index (χ1v) is 10.0. The lowest BCUT2D eigenvalue weighted by molar-refractivity contribution is 0.0697. The van der Waals surface area contributed by atoms with Crippen LogP contribution in [-0.4, -0.2) is 54.9 Å². The van der Waals surface area contributed by atoms with Gasteiger partial charge >= 0.3 is 0 Å². The summed E-state index contributed by atoms with van der Waals surface area (Å²) >= 11 is 3.38. The normalized spacial score (nSPS) is 16.2. The number of piperazine rings is 1. The summed E-state index contributed by atoms with van der Waals surface area (Å²) in [6.07, 6.45) is 0. The first-order chi connectivity index (χ1) is 11.8. The summed E-state index contributed by atoms with van der Waals surface area (Å²) in [7, 11) is -3.67. The van der Waals surface area contributed by atoms with E-state index >= 15 is 0 Å². The number of halogens is 1. The predicted octanol–water partition coefficient (Wildman–Crippen LogP) is 2.20. The maximum atomic E-state index is 12.8. The summed E-state index contributed by atoms with van der Waals surface area (Å²) in [5.74, 6) is 0.172. The number of hydrogen-bond acceptors (Lipinski definition) is 5. The lowest BCUT2D eigenvalue weighted by Gasteiger charge is -2.34. The first-order valence-electron chi connectivity index (χ1n) is 7.79. The lowest BCUT2D eigenvalue weighted by atomic mass is 10.2. The van der Waals surface area contributed by atoms with Crippen LogP contribution < -0.4 is 0 Å². The van der Waals surface area contributed by atoms with Gasteiger partial charge in [0.15, 0.2) is 5.76 Å². The number of aromatic nitrogens is 1. The van der Waals surface area contributed by atoms with E-state index in [4.69, 9.17) is 4.52 Å². The molecule has 0 N–H and O–H groups in total. The third-order valence-corrected chi connectivity index (χ3v) is 7.03. The summed E-state index contributed by atoms with van der Waals surface area (Å²) in [4.78, 5) is 14.4. The van der Waals surface area contributed by atoms with Crippen molar-refractivity contribution in [1.29, 1.82) is 0 Å². The Morgan fingerprint density at radius 2 is 1.80 bits per heavy atom. The van der Waals surface area contributed by atoms with Gasteiger partial charge in [-0.1, -0.05) is 17.3 Å². The van der Waals surface area contributed by atoms with Gasteiger partial charge in [-0.3, -0.25) is 4.79 Å². The minimum atomic E-state index is -3.67. The summed E-state index contributed by atoms with van der Waals surface area (Å²) in [6.45, 7) is 4.34. The number of nitrogens with zero attached hydrogens (tertiary/aromatic N) is 3. The molecule has 1 fully saturated rings. The van der Waals surface area contributed by atoms with Crippen molar-refractivity contribution >= 4 is 31.9 Å². The molecule has 9 heteroatoms. The Balaban J connectivity index is 1.74. The van der Waals surface area contributed by atoms with Crippen LogP contribution in [0.5, 0.6) is 0 Å². The van der Waals surface area contributed by atoms with E-state index in [1.807, 2.05) is 12.1 Å². The van der Waals surface area contributed by atoms with Crippen molar-refractivity contribution in [1.82, 2.24) is 14.4 Å². The van der Waals surface area contributed by atoms with Gasteiger partial charge in [0, 0.05) is 30.7 Å². The standard InChI is InChI=1S/C16H18BrN3O4S/c1-11-15(12(2)24-18-11)25(22,23)20-9-7-19(8-10-20)16(21)13-5-3-4-6-14(13)17/h3-6H,7-10H2,1-2H3. The maximum Gasteiger partial charge on any atom is 0.255 e. The molecular formula is C16H18BrN3O4S. The van der Waals surface area contributed by atoms with Gasteiger partial charge in [0.1, 0.15) is 10.6 Å². The molecule has 134 valence electrons. The van der Waals surface area contributed by atoms with Gasteiger partial charge in [0.25, 0.3) is 5.91 Å². The molecule has 2 heterocycles. The summed E-state index contributed by atoms with van der Waals surface area (Å²) in [5.41, 5.74) is 0.925. The maximum absolute atomic E-state index is 12.8. The molecule has 1 saturated heterocycles. The van der Waals surface area contributed by atoms with E-state index in [0.29, 0.717) is 24.3 Å². The number of sulfonamides is 1. The molecule has 0 bridgehead atoms. The number of rotatable bonds is 3. The minimum absolute atomic E-state index is 0.109. The fourth-order valence-corrected chi connectivity index (χ4v) is 5.08. The molecule has 1 aromatic carbocycles. The second-order valence-electron chi connectivity index (χ2n) is 5.83. The molecular weight excluding hydrogens is 410 g/mol. The van der Waals surface area contributed by atoms with Crippen molar-refractivity contribution < 1.29 is 17.7 Å². The number of aryl methyl sites for hydroxylation is 2. The second kappa shape index (κ2) is 6.89.